The van der Waals surface area contributed by atoms with Crippen molar-refractivity contribution in [3.8, 4) is 33.5 Å². The molecule has 0 amide bonds. The maximum Gasteiger partial charge on any atom is 0.337 e. The highest BCUT2D eigenvalue weighted by Gasteiger charge is 2.14. The van der Waals surface area contributed by atoms with Gasteiger partial charge in [0.2, 0.25) is 5.89 Å². The molecule has 0 radical (unpaired) electrons. The number of carbonyl (C=O) groups excluding carboxylic acids is 1. The molecule has 8 nitrogen and oxygen atoms in total. The predicted molar refractivity (Wildman–Crippen MR) is 121 cm³/mol. The van der Waals surface area contributed by atoms with Crippen LogP contribution in [0.25, 0.3) is 22.0 Å². The molecule has 164 valence electrons. The summed E-state index contributed by atoms with van der Waals surface area (Å²) in [4.78, 5) is 16.2. The van der Waals surface area contributed by atoms with E-state index in [1.54, 1.807) is 38.5 Å². The molecule has 32 heavy (non-hydrogen) atoms. The summed E-state index contributed by atoms with van der Waals surface area (Å²) >= 11 is 2.95. The number of hydrogen-bond acceptors (Lipinski definition) is 10. The first-order chi connectivity index (χ1) is 15.6. The van der Waals surface area contributed by atoms with E-state index in [-0.39, 0.29) is 5.97 Å². The molecule has 2 heterocycles. The fourth-order valence-corrected chi connectivity index (χ4v) is 4.45. The molecule has 2 aromatic heterocycles. The van der Waals surface area contributed by atoms with Gasteiger partial charge in [0.05, 0.1) is 32.6 Å². The van der Waals surface area contributed by atoms with Crippen molar-refractivity contribution in [3.05, 3.63) is 59.1 Å². The molecule has 0 saturated heterocycles. The van der Waals surface area contributed by atoms with E-state index < -0.39 is 0 Å². The molecule has 0 aliphatic rings. The molecule has 0 atom stereocenters. The van der Waals surface area contributed by atoms with Crippen LogP contribution in [-0.2, 0) is 10.5 Å². The zero-order valence-corrected chi connectivity index (χ0v) is 19.2. The molecule has 0 saturated carbocycles. The molecule has 2 aromatic carbocycles. The summed E-state index contributed by atoms with van der Waals surface area (Å²) in [5.74, 6) is 1.85. The van der Waals surface area contributed by atoms with E-state index in [4.69, 9.17) is 18.6 Å². The lowest BCUT2D eigenvalue weighted by atomic mass is 10.1. The van der Waals surface area contributed by atoms with E-state index in [9.17, 15) is 4.79 Å². The molecule has 0 fully saturated rings. The Hall–Kier alpha value is -3.37. The van der Waals surface area contributed by atoms with Crippen molar-refractivity contribution in [3.63, 3.8) is 0 Å². The van der Waals surface area contributed by atoms with E-state index in [0.717, 1.165) is 21.8 Å². The minimum absolute atomic E-state index is 0.361. The third-order valence-electron chi connectivity index (χ3n) is 4.49. The Bertz CT molecular complexity index is 1220. The van der Waals surface area contributed by atoms with Crippen LogP contribution in [-0.4, -0.2) is 42.5 Å². The van der Waals surface area contributed by atoms with Crippen LogP contribution in [0.1, 0.15) is 16.1 Å². The van der Waals surface area contributed by atoms with Gasteiger partial charge in [-0.25, -0.2) is 9.78 Å². The van der Waals surface area contributed by atoms with Gasteiger partial charge in [0, 0.05) is 22.3 Å². The smallest absolute Gasteiger partial charge is 0.337 e. The Morgan fingerprint density at radius 3 is 2.47 bits per heavy atom. The Morgan fingerprint density at radius 1 is 1.00 bits per heavy atom. The minimum atomic E-state index is -0.361. The van der Waals surface area contributed by atoms with Crippen LogP contribution in [0.3, 0.4) is 0 Å². The van der Waals surface area contributed by atoms with Crippen molar-refractivity contribution < 1.29 is 23.4 Å². The van der Waals surface area contributed by atoms with Gasteiger partial charge in [0.1, 0.15) is 5.01 Å². The fourth-order valence-electron chi connectivity index (χ4n) is 2.86. The topological polar surface area (TPSA) is 96.6 Å². The van der Waals surface area contributed by atoms with Crippen LogP contribution in [0.5, 0.6) is 11.5 Å². The van der Waals surface area contributed by atoms with Gasteiger partial charge >= 0.3 is 5.97 Å². The van der Waals surface area contributed by atoms with Crippen LogP contribution in [0, 0.1) is 0 Å². The van der Waals surface area contributed by atoms with Crippen molar-refractivity contribution in [1.82, 2.24) is 15.2 Å². The number of thioether (sulfide) groups is 1. The van der Waals surface area contributed by atoms with Crippen molar-refractivity contribution >= 4 is 29.1 Å². The highest BCUT2D eigenvalue weighted by atomic mass is 32.2. The van der Waals surface area contributed by atoms with Gasteiger partial charge in [-0.15, -0.1) is 21.5 Å². The Labute approximate surface area is 192 Å². The largest absolute Gasteiger partial charge is 0.493 e. The second kappa shape index (κ2) is 9.84. The van der Waals surface area contributed by atoms with Crippen molar-refractivity contribution in [2.24, 2.45) is 0 Å². The van der Waals surface area contributed by atoms with E-state index in [2.05, 4.69) is 15.2 Å². The Kier molecular flexibility index (Phi) is 6.72. The third-order valence-corrected chi connectivity index (χ3v) is 6.28. The lowest BCUT2D eigenvalue weighted by Gasteiger charge is -2.07. The third kappa shape index (κ3) is 4.76. The predicted octanol–water partition coefficient (Wildman–Crippen LogP) is 4.96. The number of aromatic nitrogens is 3. The fraction of sp³-hybridized carbons (Fsp3) is 0.182. The zero-order valence-electron chi connectivity index (χ0n) is 17.5. The van der Waals surface area contributed by atoms with Gasteiger partial charge < -0.3 is 18.6 Å². The van der Waals surface area contributed by atoms with Crippen LogP contribution in [0.2, 0.25) is 0 Å². The van der Waals surface area contributed by atoms with Crippen LogP contribution < -0.4 is 9.47 Å². The Morgan fingerprint density at radius 2 is 1.75 bits per heavy atom. The summed E-state index contributed by atoms with van der Waals surface area (Å²) in [5, 5.41) is 11.5. The van der Waals surface area contributed by atoms with Gasteiger partial charge in [0.15, 0.2) is 11.5 Å². The average Bonchev–Trinajstić information content (AvgIpc) is 3.51. The van der Waals surface area contributed by atoms with Crippen molar-refractivity contribution in [1.29, 1.82) is 0 Å². The number of hydrogen-bond donors (Lipinski definition) is 0. The molecule has 10 heteroatoms. The second-order valence-corrected chi connectivity index (χ2v) is 8.23. The summed E-state index contributed by atoms with van der Waals surface area (Å²) in [5.41, 5.74) is 3.09. The first-order valence-corrected chi connectivity index (χ1v) is 11.3. The lowest BCUT2D eigenvalue weighted by Crippen LogP contribution is -2.00. The standard InChI is InChI=1S/C22H19N3O5S2/c1-27-17-9-8-15(10-18(17)28-2)19-24-25-22(30-19)32-12-16-11-31-20(23-16)13-4-6-14(7-5-13)21(26)29-3/h4-11H,12H2,1-3H3. The number of rotatable bonds is 8. The monoisotopic (exact) mass is 469 g/mol. The zero-order chi connectivity index (χ0) is 22.5. The van der Waals surface area contributed by atoms with Crippen molar-refractivity contribution in [2.75, 3.05) is 21.3 Å². The number of benzene rings is 2. The summed E-state index contributed by atoms with van der Waals surface area (Å²) in [6.07, 6.45) is 0. The summed E-state index contributed by atoms with van der Waals surface area (Å²) < 4.78 is 21.1. The summed E-state index contributed by atoms with van der Waals surface area (Å²) in [6, 6.07) is 12.6. The van der Waals surface area contributed by atoms with Crippen LogP contribution in [0.15, 0.2) is 57.5 Å². The molecule has 0 spiro atoms. The quantitative estimate of drug-likeness (QED) is 0.262. The van der Waals surface area contributed by atoms with Crippen molar-refractivity contribution in [2.45, 2.75) is 11.0 Å². The highest BCUT2D eigenvalue weighted by Crippen LogP contribution is 2.33. The molecular weight excluding hydrogens is 450 g/mol. The number of thiazole rings is 1. The van der Waals surface area contributed by atoms with E-state index in [1.165, 1.54) is 30.2 Å². The molecule has 0 N–H and O–H groups in total. The SMILES string of the molecule is COC(=O)c1ccc(-c2nc(CSc3nnc(-c4ccc(OC)c(OC)c4)o3)cs2)cc1. The van der Waals surface area contributed by atoms with Gasteiger partial charge in [-0.05, 0) is 30.3 Å². The molecular formula is C22H19N3O5S2. The minimum Gasteiger partial charge on any atom is -0.493 e. The van der Waals surface area contributed by atoms with Gasteiger partial charge in [0.25, 0.3) is 5.22 Å². The maximum absolute atomic E-state index is 11.6. The number of nitrogens with zero attached hydrogens (tertiary/aromatic N) is 3. The molecule has 0 bridgehead atoms. The van der Waals surface area contributed by atoms with Gasteiger partial charge in [-0.2, -0.15) is 0 Å². The molecule has 0 aliphatic carbocycles. The average molecular weight is 470 g/mol. The normalized spacial score (nSPS) is 10.7. The molecule has 0 aliphatic heterocycles. The van der Waals surface area contributed by atoms with Gasteiger partial charge in [-0.3, -0.25) is 0 Å². The second-order valence-electron chi connectivity index (χ2n) is 6.44. The van der Waals surface area contributed by atoms with E-state index >= 15 is 0 Å². The Balaban J connectivity index is 1.41. The number of carbonyl (C=O) groups is 1. The van der Waals surface area contributed by atoms with Crippen LogP contribution >= 0.6 is 23.1 Å². The maximum atomic E-state index is 11.6. The molecule has 4 rings (SSSR count). The summed E-state index contributed by atoms with van der Waals surface area (Å²) in [7, 11) is 4.52. The van der Waals surface area contributed by atoms with Crippen LogP contribution in [0.4, 0.5) is 0 Å². The first kappa shape index (κ1) is 21.8. The number of ether oxygens (including phenoxy) is 3. The lowest BCUT2D eigenvalue weighted by molar-refractivity contribution is 0.0600. The van der Waals surface area contributed by atoms with Gasteiger partial charge in [-0.1, -0.05) is 23.9 Å². The number of methoxy groups -OCH3 is 3. The molecule has 0 unspecified atom stereocenters. The number of esters is 1. The molecule has 4 aromatic rings. The van der Waals surface area contributed by atoms with E-state index in [0.29, 0.717) is 33.9 Å². The van der Waals surface area contributed by atoms with E-state index in [1.807, 2.05) is 23.6 Å². The highest BCUT2D eigenvalue weighted by molar-refractivity contribution is 7.98. The summed E-state index contributed by atoms with van der Waals surface area (Å²) in [6.45, 7) is 0. The first-order valence-electron chi connectivity index (χ1n) is 9.43.